The fourth-order valence-corrected chi connectivity index (χ4v) is 1.99. The van der Waals surface area contributed by atoms with Gasteiger partial charge in [-0.2, -0.15) is 5.26 Å². The highest BCUT2D eigenvalue weighted by Crippen LogP contribution is 2.13. The van der Waals surface area contributed by atoms with Gasteiger partial charge in [0, 0.05) is 6.54 Å². The average molecular weight is 310 g/mol. The maximum Gasteiger partial charge on any atom is 0.261 e. The molecule has 0 aliphatic heterocycles. The number of nitriles is 1. The van der Waals surface area contributed by atoms with Crippen molar-refractivity contribution in [3.05, 3.63) is 71.0 Å². The molecule has 116 valence electrons. The molecule has 5 heteroatoms. The number of hydrogen-bond donors (Lipinski definition) is 2. The molecule has 0 fully saturated rings. The Labute approximate surface area is 133 Å². The van der Waals surface area contributed by atoms with Crippen LogP contribution in [0, 0.1) is 17.1 Å². The number of benzene rings is 2. The summed E-state index contributed by atoms with van der Waals surface area (Å²) in [6, 6.07) is 14.3. The Hall–Kier alpha value is -3.13. The summed E-state index contributed by atoms with van der Waals surface area (Å²) in [5.74, 6) is -0.728. The third-order valence-electron chi connectivity index (χ3n) is 3.21. The maximum atomic E-state index is 13.5. The van der Waals surface area contributed by atoms with E-state index in [0.717, 1.165) is 0 Å². The highest BCUT2D eigenvalue weighted by molar-refractivity contribution is 6.01. The van der Waals surface area contributed by atoms with Gasteiger partial charge >= 0.3 is 0 Å². The number of phenolic OH excluding ortho intramolecular Hbond substituents is 1. The summed E-state index contributed by atoms with van der Waals surface area (Å²) in [6.07, 6.45) is 1.77. The molecule has 2 rings (SSSR count). The Morgan fingerprint density at radius 1 is 1.22 bits per heavy atom. The second-order valence-corrected chi connectivity index (χ2v) is 4.86. The van der Waals surface area contributed by atoms with Gasteiger partial charge in [0.05, 0.1) is 0 Å². The molecule has 2 N–H and O–H groups in total. The number of phenols is 1. The zero-order chi connectivity index (χ0) is 16.7. The van der Waals surface area contributed by atoms with Gasteiger partial charge in [0.2, 0.25) is 0 Å². The molecular formula is C18H15FN2O2. The topological polar surface area (TPSA) is 73.1 Å². The molecule has 0 saturated carbocycles. The van der Waals surface area contributed by atoms with E-state index in [2.05, 4.69) is 5.32 Å². The summed E-state index contributed by atoms with van der Waals surface area (Å²) in [5, 5.41) is 20.9. The summed E-state index contributed by atoms with van der Waals surface area (Å²) in [5.41, 5.74) is 1.08. The van der Waals surface area contributed by atoms with Gasteiger partial charge in [-0.25, -0.2) is 4.39 Å². The first-order valence-corrected chi connectivity index (χ1v) is 7.02. The number of aromatic hydroxyl groups is 1. The van der Waals surface area contributed by atoms with Crippen molar-refractivity contribution < 1.29 is 14.3 Å². The van der Waals surface area contributed by atoms with Gasteiger partial charge in [0.1, 0.15) is 23.2 Å². The molecule has 0 spiro atoms. The predicted octanol–water partition coefficient (Wildman–Crippen LogP) is 2.80. The molecule has 2 aromatic carbocycles. The van der Waals surface area contributed by atoms with E-state index >= 15 is 0 Å². The van der Waals surface area contributed by atoms with Crippen LogP contribution in [0.5, 0.6) is 5.75 Å². The number of rotatable bonds is 5. The Kier molecular flexibility index (Phi) is 5.48. The van der Waals surface area contributed by atoms with Crippen LogP contribution in [0.3, 0.4) is 0 Å². The molecule has 0 heterocycles. The molecule has 0 atom stereocenters. The number of carbonyl (C=O) groups is 1. The Morgan fingerprint density at radius 3 is 2.57 bits per heavy atom. The standard InChI is InChI=1S/C18H15FN2O2/c19-17-4-2-1-3-14(17)9-10-21-18(23)15(12-20)11-13-5-7-16(22)8-6-13/h1-8,11,22H,9-10H2,(H,21,23)/b15-11+. The Bertz CT molecular complexity index is 761. The predicted molar refractivity (Wildman–Crippen MR) is 84.8 cm³/mol. The Balaban J connectivity index is 1.97. The molecule has 0 radical (unpaired) electrons. The van der Waals surface area contributed by atoms with Gasteiger partial charge in [-0.15, -0.1) is 0 Å². The second kappa shape index (κ2) is 7.76. The third-order valence-corrected chi connectivity index (χ3v) is 3.21. The fourth-order valence-electron chi connectivity index (χ4n) is 1.99. The number of nitrogens with one attached hydrogen (secondary N) is 1. The van der Waals surface area contributed by atoms with E-state index in [1.54, 1.807) is 30.3 Å². The van der Waals surface area contributed by atoms with Gasteiger partial charge < -0.3 is 10.4 Å². The van der Waals surface area contributed by atoms with Crippen molar-refractivity contribution >= 4 is 12.0 Å². The molecule has 0 aromatic heterocycles. The second-order valence-electron chi connectivity index (χ2n) is 4.86. The van der Waals surface area contributed by atoms with Crippen molar-refractivity contribution in [2.24, 2.45) is 0 Å². The minimum atomic E-state index is -0.517. The van der Waals surface area contributed by atoms with E-state index < -0.39 is 5.91 Å². The summed E-state index contributed by atoms with van der Waals surface area (Å²) >= 11 is 0. The van der Waals surface area contributed by atoms with E-state index in [1.165, 1.54) is 24.3 Å². The van der Waals surface area contributed by atoms with E-state index in [0.29, 0.717) is 17.5 Å². The van der Waals surface area contributed by atoms with Crippen molar-refractivity contribution in [3.63, 3.8) is 0 Å². The Morgan fingerprint density at radius 2 is 1.91 bits per heavy atom. The molecule has 4 nitrogen and oxygen atoms in total. The van der Waals surface area contributed by atoms with Crippen LogP contribution in [0.2, 0.25) is 0 Å². The highest BCUT2D eigenvalue weighted by Gasteiger charge is 2.09. The van der Waals surface area contributed by atoms with Gasteiger partial charge in [0.25, 0.3) is 5.91 Å². The van der Waals surface area contributed by atoms with E-state index in [4.69, 9.17) is 5.26 Å². The monoisotopic (exact) mass is 310 g/mol. The van der Waals surface area contributed by atoms with Crippen LogP contribution >= 0.6 is 0 Å². The van der Waals surface area contributed by atoms with Crippen molar-refractivity contribution in [2.45, 2.75) is 6.42 Å². The lowest BCUT2D eigenvalue weighted by Crippen LogP contribution is -2.26. The largest absolute Gasteiger partial charge is 0.508 e. The van der Waals surface area contributed by atoms with E-state index in [1.807, 2.05) is 6.07 Å². The first-order valence-electron chi connectivity index (χ1n) is 7.02. The lowest BCUT2D eigenvalue weighted by molar-refractivity contribution is -0.117. The van der Waals surface area contributed by atoms with Crippen molar-refractivity contribution in [2.75, 3.05) is 6.54 Å². The zero-order valence-electron chi connectivity index (χ0n) is 12.3. The molecule has 0 unspecified atom stereocenters. The summed E-state index contributed by atoms with van der Waals surface area (Å²) in [6.45, 7) is 0.231. The maximum absolute atomic E-state index is 13.5. The van der Waals surface area contributed by atoms with Crippen molar-refractivity contribution in [1.29, 1.82) is 5.26 Å². The highest BCUT2D eigenvalue weighted by atomic mass is 19.1. The zero-order valence-corrected chi connectivity index (χ0v) is 12.3. The minimum absolute atomic E-state index is 0.0516. The molecule has 0 bridgehead atoms. The third kappa shape index (κ3) is 4.68. The SMILES string of the molecule is N#C/C(=C\c1ccc(O)cc1)C(=O)NCCc1ccccc1F. The van der Waals surface area contributed by atoms with Crippen LogP contribution in [0.25, 0.3) is 6.08 Å². The normalized spacial score (nSPS) is 10.9. The smallest absolute Gasteiger partial charge is 0.261 e. The first kappa shape index (κ1) is 16.2. The number of amides is 1. The number of hydrogen-bond acceptors (Lipinski definition) is 3. The summed E-state index contributed by atoms with van der Waals surface area (Å²) in [4.78, 5) is 12.0. The molecule has 2 aromatic rings. The van der Waals surface area contributed by atoms with E-state index in [9.17, 15) is 14.3 Å². The van der Waals surface area contributed by atoms with Gasteiger partial charge in [-0.1, -0.05) is 30.3 Å². The van der Waals surface area contributed by atoms with Crippen LogP contribution in [-0.2, 0) is 11.2 Å². The molecular weight excluding hydrogens is 295 g/mol. The lowest BCUT2D eigenvalue weighted by atomic mass is 10.1. The van der Waals surface area contributed by atoms with Crippen LogP contribution in [0.1, 0.15) is 11.1 Å². The van der Waals surface area contributed by atoms with Crippen molar-refractivity contribution in [1.82, 2.24) is 5.32 Å². The van der Waals surface area contributed by atoms with Crippen LogP contribution < -0.4 is 5.32 Å². The number of carbonyl (C=O) groups excluding carboxylic acids is 1. The fraction of sp³-hybridized carbons (Fsp3) is 0.111. The van der Waals surface area contributed by atoms with Crippen molar-refractivity contribution in [3.8, 4) is 11.8 Å². The van der Waals surface area contributed by atoms with Gasteiger partial charge in [-0.05, 0) is 41.8 Å². The van der Waals surface area contributed by atoms with Crippen LogP contribution in [0.15, 0.2) is 54.1 Å². The van der Waals surface area contributed by atoms with Gasteiger partial charge in [-0.3, -0.25) is 4.79 Å². The quantitative estimate of drug-likeness (QED) is 0.659. The minimum Gasteiger partial charge on any atom is -0.508 e. The molecule has 0 aliphatic rings. The number of halogens is 1. The molecule has 0 aliphatic carbocycles. The lowest BCUT2D eigenvalue weighted by Gasteiger charge is -2.05. The van der Waals surface area contributed by atoms with Crippen LogP contribution in [0.4, 0.5) is 4.39 Å². The van der Waals surface area contributed by atoms with E-state index in [-0.39, 0.29) is 23.7 Å². The molecule has 23 heavy (non-hydrogen) atoms. The van der Waals surface area contributed by atoms with Crippen LogP contribution in [-0.4, -0.2) is 17.6 Å². The average Bonchev–Trinajstić information content (AvgIpc) is 2.56. The summed E-state index contributed by atoms with van der Waals surface area (Å²) < 4.78 is 13.5. The first-order chi connectivity index (χ1) is 11.1. The van der Waals surface area contributed by atoms with Gasteiger partial charge in [0.15, 0.2) is 0 Å². The molecule has 1 amide bonds. The summed E-state index contributed by atoms with van der Waals surface area (Å²) in [7, 11) is 0. The number of nitrogens with zero attached hydrogens (tertiary/aromatic N) is 1. The molecule has 0 saturated heterocycles.